The topological polar surface area (TPSA) is 70.2 Å². The molecule has 0 radical (unpaired) electrons. The predicted octanol–water partition coefficient (Wildman–Crippen LogP) is 4.87. The fraction of sp³-hybridized carbons (Fsp3) is 0.148. The number of carbonyl (C=O) groups is 1. The Bertz CT molecular complexity index is 1360. The van der Waals surface area contributed by atoms with Crippen LogP contribution in [0, 0.1) is 25.2 Å². The summed E-state index contributed by atoms with van der Waals surface area (Å²) in [5.74, 6) is -0.148. The van der Waals surface area contributed by atoms with Gasteiger partial charge in [0.15, 0.2) is 0 Å². The highest BCUT2D eigenvalue weighted by Gasteiger charge is 2.09. The molecule has 1 aromatic heterocycles. The van der Waals surface area contributed by atoms with Crippen LogP contribution >= 0.6 is 0 Å². The maximum atomic E-state index is 12.4. The summed E-state index contributed by atoms with van der Waals surface area (Å²) >= 11 is 0. The van der Waals surface area contributed by atoms with Crippen LogP contribution < -0.4 is 5.43 Å². The highest BCUT2D eigenvalue weighted by Crippen LogP contribution is 2.21. The maximum absolute atomic E-state index is 12.4. The molecule has 0 fully saturated rings. The number of para-hydroxylation sites is 1. The molecule has 158 valence electrons. The molecule has 1 N–H and O–H groups in total. The molecule has 32 heavy (non-hydrogen) atoms. The molecule has 4 rings (SSSR count). The van der Waals surface area contributed by atoms with E-state index in [0.717, 1.165) is 33.2 Å². The van der Waals surface area contributed by atoms with Crippen LogP contribution in [-0.4, -0.2) is 16.7 Å². The third-order valence-corrected chi connectivity index (χ3v) is 5.47. The Balaban J connectivity index is 1.51. The molecule has 5 nitrogen and oxygen atoms in total. The monoisotopic (exact) mass is 420 g/mol. The second-order valence-electron chi connectivity index (χ2n) is 7.94. The summed E-state index contributed by atoms with van der Waals surface area (Å²) in [5, 5.41) is 14.4. The average molecular weight is 421 g/mol. The van der Waals surface area contributed by atoms with E-state index in [2.05, 4.69) is 33.3 Å². The first kappa shape index (κ1) is 21.1. The normalized spacial score (nSPS) is 11.0. The number of nitrogens with one attached hydrogen (secondary N) is 1. The van der Waals surface area contributed by atoms with Gasteiger partial charge in [0, 0.05) is 29.2 Å². The first-order valence-corrected chi connectivity index (χ1v) is 10.5. The summed E-state index contributed by atoms with van der Waals surface area (Å²) in [6.07, 6.45) is 3.99. The van der Waals surface area contributed by atoms with Gasteiger partial charge >= 0.3 is 0 Å². The number of benzene rings is 3. The number of hydrogen-bond donors (Lipinski definition) is 1. The Morgan fingerprint density at radius 1 is 1.09 bits per heavy atom. The van der Waals surface area contributed by atoms with E-state index in [1.807, 2.05) is 68.6 Å². The van der Waals surface area contributed by atoms with E-state index in [9.17, 15) is 4.79 Å². The minimum atomic E-state index is -0.148. The summed E-state index contributed by atoms with van der Waals surface area (Å²) in [6, 6.07) is 23.9. The number of carbonyl (C=O) groups excluding carboxylic acids is 1. The Morgan fingerprint density at radius 3 is 2.75 bits per heavy atom. The molecule has 4 aromatic rings. The van der Waals surface area contributed by atoms with Gasteiger partial charge in [0.25, 0.3) is 0 Å². The number of aryl methyl sites for hydroxylation is 2. The van der Waals surface area contributed by atoms with Crippen LogP contribution in [0.3, 0.4) is 0 Å². The smallest absolute Gasteiger partial charge is 0.244 e. The number of hydrazone groups is 1. The minimum absolute atomic E-state index is 0.148. The van der Waals surface area contributed by atoms with Crippen LogP contribution in [-0.2, 0) is 17.8 Å². The second kappa shape index (κ2) is 9.32. The Morgan fingerprint density at radius 2 is 1.94 bits per heavy atom. The van der Waals surface area contributed by atoms with Crippen LogP contribution in [0.4, 0.5) is 0 Å². The van der Waals surface area contributed by atoms with Gasteiger partial charge in [-0.1, -0.05) is 54.1 Å². The SMILES string of the molecule is Cc1ccc(CC(=O)N/N=C\c2cn(Cc3cccc(C#N)c3)c3ccccc23)c(C)c1. The molecule has 5 heteroatoms. The second-order valence-corrected chi connectivity index (χ2v) is 7.94. The molecule has 0 aliphatic carbocycles. The van der Waals surface area contributed by atoms with Crippen molar-refractivity contribution in [3.63, 3.8) is 0 Å². The Hall–Kier alpha value is -4.17. The lowest BCUT2D eigenvalue weighted by atomic mass is 10.0. The summed E-state index contributed by atoms with van der Waals surface area (Å²) in [6.45, 7) is 4.70. The van der Waals surface area contributed by atoms with E-state index in [1.54, 1.807) is 12.3 Å². The van der Waals surface area contributed by atoms with Gasteiger partial charge in [-0.3, -0.25) is 4.79 Å². The molecule has 0 saturated heterocycles. The molecular weight excluding hydrogens is 396 g/mol. The van der Waals surface area contributed by atoms with E-state index in [4.69, 9.17) is 5.26 Å². The van der Waals surface area contributed by atoms with Crippen molar-refractivity contribution in [2.75, 3.05) is 0 Å². The van der Waals surface area contributed by atoms with Gasteiger partial charge in [0.2, 0.25) is 5.91 Å². The first-order valence-electron chi connectivity index (χ1n) is 10.5. The van der Waals surface area contributed by atoms with Crippen molar-refractivity contribution < 1.29 is 4.79 Å². The standard InChI is InChI=1S/C27H24N4O/c1-19-10-11-23(20(2)12-19)14-27(32)30-29-16-24-18-31(26-9-4-3-8-25(24)26)17-22-7-5-6-21(13-22)15-28/h3-13,16,18H,14,17H2,1-2H3,(H,30,32)/b29-16-. The predicted molar refractivity (Wildman–Crippen MR) is 128 cm³/mol. The van der Waals surface area contributed by atoms with Crippen LogP contribution in [0.1, 0.15) is 33.4 Å². The molecule has 0 spiro atoms. The number of amides is 1. The largest absolute Gasteiger partial charge is 0.342 e. The van der Waals surface area contributed by atoms with Crippen molar-refractivity contribution in [1.29, 1.82) is 5.26 Å². The van der Waals surface area contributed by atoms with Crippen molar-refractivity contribution in [1.82, 2.24) is 9.99 Å². The van der Waals surface area contributed by atoms with Gasteiger partial charge in [0.1, 0.15) is 0 Å². The molecular formula is C27H24N4O. The van der Waals surface area contributed by atoms with E-state index in [-0.39, 0.29) is 5.91 Å². The van der Waals surface area contributed by atoms with Crippen LogP contribution in [0.5, 0.6) is 0 Å². The van der Waals surface area contributed by atoms with Gasteiger partial charge in [-0.25, -0.2) is 5.43 Å². The third kappa shape index (κ3) is 4.76. The van der Waals surface area contributed by atoms with Crippen molar-refractivity contribution in [2.24, 2.45) is 5.10 Å². The number of aromatic nitrogens is 1. The molecule has 1 amide bonds. The van der Waals surface area contributed by atoms with Crippen molar-refractivity contribution in [2.45, 2.75) is 26.8 Å². The Labute approximate surface area is 187 Å². The fourth-order valence-corrected chi connectivity index (χ4v) is 3.88. The summed E-state index contributed by atoms with van der Waals surface area (Å²) in [7, 11) is 0. The zero-order valence-corrected chi connectivity index (χ0v) is 18.2. The number of nitrogens with zero attached hydrogens (tertiary/aromatic N) is 3. The van der Waals surface area contributed by atoms with Crippen LogP contribution in [0.2, 0.25) is 0 Å². The number of nitriles is 1. The zero-order chi connectivity index (χ0) is 22.5. The quantitative estimate of drug-likeness (QED) is 0.357. The van der Waals surface area contributed by atoms with Gasteiger partial charge in [-0.05, 0) is 48.7 Å². The van der Waals surface area contributed by atoms with Gasteiger partial charge < -0.3 is 4.57 Å². The highest BCUT2D eigenvalue weighted by atomic mass is 16.2. The van der Waals surface area contributed by atoms with E-state index in [1.165, 1.54) is 5.56 Å². The number of fused-ring (bicyclic) bond motifs is 1. The van der Waals surface area contributed by atoms with Crippen molar-refractivity contribution in [3.05, 3.63) is 106 Å². The lowest BCUT2D eigenvalue weighted by molar-refractivity contribution is -0.120. The van der Waals surface area contributed by atoms with E-state index < -0.39 is 0 Å². The maximum Gasteiger partial charge on any atom is 0.244 e. The zero-order valence-electron chi connectivity index (χ0n) is 18.2. The fourth-order valence-electron chi connectivity index (χ4n) is 3.88. The molecule has 0 bridgehead atoms. The van der Waals surface area contributed by atoms with Crippen LogP contribution in [0.25, 0.3) is 10.9 Å². The van der Waals surface area contributed by atoms with E-state index >= 15 is 0 Å². The van der Waals surface area contributed by atoms with Gasteiger partial charge in [-0.2, -0.15) is 10.4 Å². The molecule has 0 aliphatic rings. The number of hydrogen-bond acceptors (Lipinski definition) is 3. The molecule has 1 heterocycles. The lowest BCUT2D eigenvalue weighted by Gasteiger charge is -2.06. The van der Waals surface area contributed by atoms with Crippen molar-refractivity contribution in [3.8, 4) is 6.07 Å². The van der Waals surface area contributed by atoms with Gasteiger partial charge in [0.05, 0.1) is 24.3 Å². The lowest BCUT2D eigenvalue weighted by Crippen LogP contribution is -2.20. The molecule has 0 saturated carbocycles. The Kier molecular flexibility index (Phi) is 6.14. The average Bonchev–Trinajstić information content (AvgIpc) is 3.13. The molecule has 3 aromatic carbocycles. The van der Waals surface area contributed by atoms with Gasteiger partial charge in [-0.15, -0.1) is 0 Å². The third-order valence-electron chi connectivity index (χ3n) is 5.47. The highest BCUT2D eigenvalue weighted by molar-refractivity contribution is 5.99. The summed E-state index contributed by atoms with van der Waals surface area (Å²) < 4.78 is 2.13. The molecule has 0 aliphatic heterocycles. The van der Waals surface area contributed by atoms with E-state index in [0.29, 0.717) is 18.5 Å². The summed E-state index contributed by atoms with van der Waals surface area (Å²) in [5.41, 5.74) is 9.61. The number of rotatable bonds is 6. The molecule has 0 atom stereocenters. The minimum Gasteiger partial charge on any atom is -0.342 e. The van der Waals surface area contributed by atoms with Crippen molar-refractivity contribution >= 4 is 23.0 Å². The first-order chi connectivity index (χ1) is 15.5. The molecule has 0 unspecified atom stereocenters. The summed E-state index contributed by atoms with van der Waals surface area (Å²) in [4.78, 5) is 12.4. The van der Waals surface area contributed by atoms with Crippen LogP contribution in [0.15, 0.2) is 78.0 Å².